The number of nitrogens with one attached hydrogen (secondary N) is 2. The van der Waals surface area contributed by atoms with E-state index in [1.807, 2.05) is 6.20 Å². The van der Waals surface area contributed by atoms with Crippen LogP contribution < -0.4 is 25.0 Å². The number of rotatable bonds is 16. The summed E-state index contributed by atoms with van der Waals surface area (Å²) in [6.07, 6.45) is 8.51. The molecule has 7 rings (SSSR count). The van der Waals surface area contributed by atoms with E-state index in [9.17, 15) is 19.2 Å². The number of hydrogen-bond acceptors (Lipinski definition) is 12. The number of carbonyl (C=O) groups is 4. The number of likely N-dealkylation sites (tertiary alicyclic amines) is 1. The van der Waals surface area contributed by atoms with Crippen molar-refractivity contribution in [2.45, 2.75) is 96.2 Å². The van der Waals surface area contributed by atoms with Crippen molar-refractivity contribution in [2.75, 3.05) is 51.1 Å². The van der Waals surface area contributed by atoms with Crippen molar-refractivity contribution in [1.29, 1.82) is 0 Å². The van der Waals surface area contributed by atoms with Crippen molar-refractivity contribution in [3.05, 3.63) is 70.4 Å². The van der Waals surface area contributed by atoms with E-state index in [-0.39, 0.29) is 36.0 Å². The molecule has 4 aromatic rings. The zero-order chi connectivity index (χ0) is 40.2. The molecular weight excluding hydrogens is 727 g/mol. The predicted octanol–water partition coefficient (Wildman–Crippen LogP) is 4.98. The topological polar surface area (TPSA) is 164 Å². The molecule has 57 heavy (non-hydrogen) atoms. The van der Waals surface area contributed by atoms with Gasteiger partial charge in [-0.25, -0.2) is 0 Å². The summed E-state index contributed by atoms with van der Waals surface area (Å²) >= 11 is 0. The molecule has 4 amide bonds. The Bertz CT molecular complexity index is 2140. The number of anilines is 2. The lowest BCUT2D eigenvalue weighted by Crippen LogP contribution is -2.54. The van der Waals surface area contributed by atoms with Crippen molar-refractivity contribution in [2.24, 2.45) is 0 Å². The number of aromatic nitrogens is 4. The lowest BCUT2D eigenvalue weighted by molar-refractivity contribution is -0.136. The number of carbonyl (C=O) groups excluding carboxylic acids is 4. The van der Waals surface area contributed by atoms with Gasteiger partial charge in [0.1, 0.15) is 17.9 Å². The third-order valence-corrected chi connectivity index (χ3v) is 11.1. The number of aryl methyl sites for hydroxylation is 1. The summed E-state index contributed by atoms with van der Waals surface area (Å²) < 4.78 is 14.2. The van der Waals surface area contributed by atoms with Gasteiger partial charge in [0.2, 0.25) is 17.8 Å². The molecule has 0 bridgehead atoms. The van der Waals surface area contributed by atoms with Gasteiger partial charge in [-0.05, 0) is 80.8 Å². The van der Waals surface area contributed by atoms with Crippen molar-refractivity contribution in [1.82, 2.24) is 34.7 Å². The van der Waals surface area contributed by atoms with Crippen molar-refractivity contribution in [3.63, 3.8) is 0 Å². The zero-order valence-corrected chi connectivity index (χ0v) is 33.5. The summed E-state index contributed by atoms with van der Waals surface area (Å²) in [5.41, 5.74) is 5.75. The molecule has 0 saturated carbocycles. The first-order valence-corrected chi connectivity index (χ1v) is 20.1. The van der Waals surface area contributed by atoms with E-state index in [1.165, 1.54) is 11.1 Å². The predicted molar refractivity (Wildman–Crippen MR) is 215 cm³/mol. The molecule has 5 heterocycles. The molecule has 3 aliphatic rings. The number of benzene rings is 2. The fourth-order valence-corrected chi connectivity index (χ4v) is 7.90. The van der Waals surface area contributed by atoms with E-state index < -0.39 is 29.7 Å². The van der Waals surface area contributed by atoms with E-state index in [2.05, 4.69) is 78.7 Å². The lowest BCUT2D eigenvalue weighted by atomic mass is 9.98. The van der Waals surface area contributed by atoms with E-state index in [1.54, 1.807) is 22.7 Å². The van der Waals surface area contributed by atoms with Crippen molar-refractivity contribution in [3.8, 4) is 11.8 Å². The quantitative estimate of drug-likeness (QED) is 0.116. The molecule has 15 heteroatoms. The molecule has 3 aliphatic heterocycles. The van der Waals surface area contributed by atoms with Crippen LogP contribution in [0, 0.1) is 0 Å². The number of unbranched alkanes of at least 4 members (excludes halogenated alkanes) is 3. The normalized spacial score (nSPS) is 17.7. The molecule has 1 atom stereocenters. The van der Waals surface area contributed by atoms with Crippen LogP contribution in [0.25, 0.3) is 5.65 Å². The number of hydrogen-bond donors (Lipinski definition) is 2. The Labute approximate surface area is 333 Å². The Hall–Kier alpha value is -5.57. The molecular formula is C42H53N9O6. The molecule has 0 spiro atoms. The average Bonchev–Trinajstić information content (AvgIpc) is 3.73. The molecule has 2 saturated heterocycles. The summed E-state index contributed by atoms with van der Waals surface area (Å²) in [6, 6.07) is 10.7. The second kappa shape index (κ2) is 17.3. The van der Waals surface area contributed by atoms with Crippen LogP contribution in [0.2, 0.25) is 0 Å². The fourth-order valence-electron chi connectivity index (χ4n) is 7.90. The monoisotopic (exact) mass is 779 g/mol. The molecule has 2 aromatic heterocycles. The first-order chi connectivity index (χ1) is 27.5. The maximum absolute atomic E-state index is 13.4. The fraction of sp³-hybridized carbons (Fsp3) is 0.500. The van der Waals surface area contributed by atoms with Gasteiger partial charge >= 0.3 is 6.01 Å². The number of nitrogens with zero attached hydrogens (tertiary/aromatic N) is 7. The molecule has 15 nitrogen and oxygen atoms in total. The van der Waals surface area contributed by atoms with Crippen LogP contribution in [0.3, 0.4) is 0 Å². The highest BCUT2D eigenvalue weighted by Gasteiger charge is 2.46. The van der Waals surface area contributed by atoms with Gasteiger partial charge < -0.3 is 24.6 Å². The summed E-state index contributed by atoms with van der Waals surface area (Å²) in [6.45, 7) is 7.15. The minimum Gasteiger partial charge on any atom is -0.493 e. The van der Waals surface area contributed by atoms with Gasteiger partial charge in [-0.15, -0.1) is 0 Å². The third-order valence-electron chi connectivity index (χ3n) is 11.1. The highest BCUT2D eigenvalue weighted by Crippen LogP contribution is 2.34. The zero-order valence-electron chi connectivity index (χ0n) is 33.5. The first kappa shape index (κ1) is 39.7. The Morgan fingerprint density at radius 3 is 2.47 bits per heavy atom. The molecule has 0 aliphatic carbocycles. The Kier molecular flexibility index (Phi) is 12.0. The highest BCUT2D eigenvalue weighted by molar-refractivity contribution is 6.24. The van der Waals surface area contributed by atoms with Gasteiger partial charge in [0.25, 0.3) is 11.8 Å². The third kappa shape index (κ3) is 8.58. The van der Waals surface area contributed by atoms with E-state index >= 15 is 0 Å². The number of ether oxygens (including phenoxy) is 2. The number of fused-ring (bicyclic) bond motifs is 2. The van der Waals surface area contributed by atoms with Gasteiger partial charge in [-0.1, -0.05) is 44.9 Å². The highest BCUT2D eigenvalue weighted by atomic mass is 16.5. The molecule has 2 fully saturated rings. The van der Waals surface area contributed by atoms with Crippen LogP contribution in [0.15, 0.2) is 42.6 Å². The van der Waals surface area contributed by atoms with Crippen LogP contribution >= 0.6 is 0 Å². The van der Waals surface area contributed by atoms with Crippen LogP contribution in [0.5, 0.6) is 11.8 Å². The largest absolute Gasteiger partial charge is 0.493 e. The second-order valence-electron chi connectivity index (χ2n) is 15.7. The van der Waals surface area contributed by atoms with Gasteiger partial charge in [-0.2, -0.15) is 19.6 Å². The second-order valence-corrected chi connectivity index (χ2v) is 15.7. The molecule has 1 unspecified atom stereocenters. The molecule has 0 radical (unpaired) electrons. The first-order valence-electron chi connectivity index (χ1n) is 20.1. The van der Waals surface area contributed by atoms with E-state index in [0.717, 1.165) is 79.8 Å². The summed E-state index contributed by atoms with van der Waals surface area (Å²) in [5.74, 6) is -1.000. The van der Waals surface area contributed by atoms with E-state index in [4.69, 9.17) is 19.4 Å². The van der Waals surface area contributed by atoms with E-state index in [0.29, 0.717) is 30.9 Å². The minimum atomic E-state index is -1.02. The van der Waals surface area contributed by atoms with Gasteiger partial charge in [-0.3, -0.25) is 29.4 Å². The Morgan fingerprint density at radius 1 is 0.947 bits per heavy atom. The van der Waals surface area contributed by atoms with Crippen LogP contribution in [0.4, 0.5) is 11.6 Å². The molecule has 2 aromatic carbocycles. The maximum Gasteiger partial charge on any atom is 0.322 e. The Morgan fingerprint density at radius 2 is 1.72 bits per heavy atom. The van der Waals surface area contributed by atoms with Gasteiger partial charge in [0, 0.05) is 51.4 Å². The van der Waals surface area contributed by atoms with Gasteiger partial charge in [0.05, 0.1) is 23.9 Å². The van der Waals surface area contributed by atoms with Gasteiger partial charge in [0.15, 0.2) is 5.65 Å². The average molecular weight is 780 g/mol. The number of imide groups is 2. The maximum atomic E-state index is 13.4. The van der Waals surface area contributed by atoms with Crippen LogP contribution in [-0.2, 0) is 22.6 Å². The standard InChI is InChI=1S/C42H53N9O6/c1-26(2)30-25-44-51-37(30)46-42(57-28-19-21-49(5)22-20-28)47-41(51)43-24-31-27(13-10-15-32(31)48(3)4)12-8-6-7-9-23-56-34-16-11-14-29-36(34)40(55)50(39(29)54)33-17-18-35(52)45-38(33)53/h10-11,13-16,25-26,28,33H,6-9,12,17-24H2,1-5H3,(H,43,46,47)(H,45,52,53). The van der Waals surface area contributed by atoms with Crippen LogP contribution in [0.1, 0.15) is 109 Å². The number of amides is 4. The molecule has 2 N–H and O–H groups in total. The summed E-state index contributed by atoms with van der Waals surface area (Å²) in [5, 5.41) is 10.5. The SMILES string of the molecule is CC(C)c1cnn2c(NCc3c(CCCCCCOc4cccc5c4C(=O)N(C4CCC(=O)NC4=O)C5=O)cccc3N(C)C)nc(OC3CCN(C)CC3)nc12. The van der Waals surface area contributed by atoms with Crippen LogP contribution in [-0.4, -0.2) is 106 Å². The number of piperidine rings is 2. The lowest BCUT2D eigenvalue weighted by Gasteiger charge is -2.28. The summed E-state index contributed by atoms with van der Waals surface area (Å²) in [7, 11) is 6.24. The summed E-state index contributed by atoms with van der Waals surface area (Å²) in [4.78, 5) is 65.8. The smallest absolute Gasteiger partial charge is 0.322 e. The van der Waals surface area contributed by atoms with Crippen molar-refractivity contribution >= 4 is 40.9 Å². The minimum absolute atomic E-state index is 0.0690. The molecule has 302 valence electrons. The Balaban J connectivity index is 0.961. The van der Waals surface area contributed by atoms with Crippen molar-refractivity contribution < 1.29 is 28.7 Å².